The van der Waals surface area contributed by atoms with Gasteiger partial charge >= 0.3 is 0 Å². The molecule has 0 aliphatic rings. The third-order valence-corrected chi connectivity index (χ3v) is 4.14. The van der Waals surface area contributed by atoms with Crippen molar-refractivity contribution in [2.45, 2.75) is 20.8 Å². The summed E-state index contributed by atoms with van der Waals surface area (Å²) >= 11 is 0. The summed E-state index contributed by atoms with van der Waals surface area (Å²) < 4.78 is 16.3. The van der Waals surface area contributed by atoms with Crippen molar-refractivity contribution in [3.05, 3.63) is 59.9 Å². The molecule has 0 bridgehead atoms. The first-order valence-corrected chi connectivity index (χ1v) is 9.27. The minimum atomic E-state index is -0.125. The molecule has 1 heterocycles. The Morgan fingerprint density at radius 2 is 1.71 bits per heavy atom. The second-order valence-electron chi connectivity index (χ2n) is 6.58. The number of aromatic nitrogens is 1. The van der Waals surface area contributed by atoms with Gasteiger partial charge in [0.25, 0.3) is 0 Å². The summed E-state index contributed by atoms with van der Waals surface area (Å²) in [6.07, 6.45) is 1.17. The summed E-state index contributed by atoms with van der Waals surface area (Å²) in [6, 6.07) is 15.0. The van der Waals surface area contributed by atoms with Gasteiger partial charge in [-0.15, -0.1) is 35.4 Å². The Labute approximate surface area is 196 Å². The van der Waals surface area contributed by atoms with E-state index in [-0.39, 0.29) is 31.6 Å². The molecule has 167 valence electrons. The van der Waals surface area contributed by atoms with Crippen molar-refractivity contribution in [3.8, 4) is 28.5 Å². The summed E-state index contributed by atoms with van der Waals surface area (Å²) in [6.45, 7) is 4.90. The molecule has 0 unspecified atom stereocenters. The normalized spacial score (nSPS) is 10.5. The van der Waals surface area contributed by atoms with Gasteiger partial charge in [-0.1, -0.05) is 19.1 Å². The average molecular weight is 601 g/mol. The number of hydrogen-bond acceptors (Lipinski definition) is 6. The smallest absolute Gasteiger partial charge is 0.204 e. The molecule has 1 radical (unpaired) electrons. The maximum atomic E-state index is 10.0. The van der Waals surface area contributed by atoms with Crippen molar-refractivity contribution in [2.75, 3.05) is 21.3 Å². The van der Waals surface area contributed by atoms with Crippen LogP contribution in [0.1, 0.15) is 19.4 Å². The van der Waals surface area contributed by atoms with E-state index in [1.165, 1.54) is 25.5 Å². The van der Waals surface area contributed by atoms with Crippen LogP contribution >= 0.6 is 0 Å². The second kappa shape index (κ2) is 12.1. The van der Waals surface area contributed by atoms with Crippen LogP contribution in [0.25, 0.3) is 22.2 Å². The topological polar surface area (TPSA) is 77.9 Å². The molecular formula is C24H26IrNO5-. The molecule has 3 rings (SSSR count). The molecular weight excluding hydrogens is 574 g/mol. The largest absolute Gasteiger partial charge is 0.512 e. The Morgan fingerprint density at radius 1 is 1.03 bits per heavy atom. The Hall–Kier alpha value is -2.89. The predicted molar refractivity (Wildman–Crippen MR) is 117 cm³/mol. The van der Waals surface area contributed by atoms with Gasteiger partial charge in [0.1, 0.15) is 0 Å². The van der Waals surface area contributed by atoms with E-state index in [1.807, 2.05) is 30.3 Å². The first-order valence-electron chi connectivity index (χ1n) is 9.27. The minimum absolute atomic E-state index is 0. The number of methoxy groups -OCH3 is 3. The number of carbonyl (C=O) groups excluding carboxylic acids is 1. The molecule has 6 nitrogen and oxygen atoms in total. The maximum Gasteiger partial charge on any atom is 0.204 e. The third-order valence-electron chi connectivity index (χ3n) is 4.14. The second-order valence-corrected chi connectivity index (χ2v) is 6.58. The van der Waals surface area contributed by atoms with E-state index < -0.39 is 0 Å². The molecule has 0 aliphatic carbocycles. The molecule has 0 fully saturated rings. The summed E-state index contributed by atoms with van der Waals surface area (Å²) in [5.74, 6) is 1.72. The minimum Gasteiger partial charge on any atom is -0.512 e. The molecule has 0 amide bonds. The zero-order valence-electron chi connectivity index (χ0n) is 18.4. The summed E-state index contributed by atoms with van der Waals surface area (Å²) in [5.41, 5.74) is 3.77. The number of pyridine rings is 1. The van der Waals surface area contributed by atoms with Crippen molar-refractivity contribution in [1.82, 2.24) is 4.98 Å². The molecule has 0 saturated carbocycles. The van der Waals surface area contributed by atoms with Crippen LogP contribution in [-0.2, 0) is 24.9 Å². The number of hydrogen-bond donors (Lipinski definition) is 1. The summed E-state index contributed by atoms with van der Waals surface area (Å²) in [5, 5.41) is 9.24. The van der Waals surface area contributed by atoms with Gasteiger partial charge in [-0.2, -0.15) is 0 Å². The molecule has 1 N–H and O–H groups in total. The molecule has 0 saturated heterocycles. The number of nitrogens with zero attached hydrogens (tertiary/aromatic N) is 1. The fourth-order valence-electron chi connectivity index (χ4n) is 2.92. The molecule has 0 atom stereocenters. The molecule has 7 heteroatoms. The fourth-order valence-corrected chi connectivity index (χ4v) is 2.92. The number of fused-ring (bicyclic) bond motifs is 1. The van der Waals surface area contributed by atoms with Gasteiger partial charge in [0.05, 0.1) is 32.6 Å². The Kier molecular flexibility index (Phi) is 10.2. The van der Waals surface area contributed by atoms with E-state index in [0.29, 0.717) is 17.2 Å². The van der Waals surface area contributed by atoms with Gasteiger partial charge in [0.2, 0.25) is 5.75 Å². The van der Waals surface area contributed by atoms with Crippen LogP contribution in [0.15, 0.2) is 48.2 Å². The number of aliphatic hydroxyl groups excluding tert-OH is 1. The number of rotatable bonds is 5. The zero-order chi connectivity index (χ0) is 22.3. The number of carbonyl (C=O) groups is 1. The van der Waals surface area contributed by atoms with E-state index in [0.717, 1.165) is 22.2 Å². The Bertz CT molecular complexity index is 1070. The maximum absolute atomic E-state index is 10.0. The van der Waals surface area contributed by atoms with Crippen molar-refractivity contribution in [1.29, 1.82) is 0 Å². The Balaban J connectivity index is 0.000000523. The predicted octanol–water partition coefficient (Wildman–Crippen LogP) is 5.07. The van der Waals surface area contributed by atoms with Crippen LogP contribution in [0.2, 0.25) is 0 Å². The van der Waals surface area contributed by atoms with Crippen LogP contribution < -0.4 is 14.2 Å². The summed E-state index contributed by atoms with van der Waals surface area (Å²) in [4.78, 5) is 14.8. The van der Waals surface area contributed by atoms with Crippen LogP contribution in [0.5, 0.6) is 17.2 Å². The fraction of sp³-hybridized carbons (Fsp3) is 0.250. The van der Waals surface area contributed by atoms with Crippen LogP contribution in [0.3, 0.4) is 0 Å². The average Bonchev–Trinajstić information content (AvgIpc) is 2.71. The van der Waals surface area contributed by atoms with Gasteiger partial charge in [-0.3, -0.25) is 9.78 Å². The molecule has 1 aromatic heterocycles. The van der Waals surface area contributed by atoms with Gasteiger partial charge in [0, 0.05) is 37.6 Å². The van der Waals surface area contributed by atoms with E-state index in [1.54, 1.807) is 21.3 Å². The first kappa shape index (κ1) is 26.1. The van der Waals surface area contributed by atoms with E-state index >= 15 is 0 Å². The van der Waals surface area contributed by atoms with Gasteiger partial charge in [-0.25, -0.2) is 0 Å². The van der Waals surface area contributed by atoms with Crippen LogP contribution in [-0.4, -0.2) is 37.2 Å². The van der Waals surface area contributed by atoms with Crippen LogP contribution in [0, 0.1) is 13.0 Å². The standard InChI is InChI=1S/C19H18NO3.C5H8O2.Ir/c1-12-6-5-7-13(10-12)15-9-8-14-16(20-15)11-17(21-2)19(23-4)18(14)22-3;1-4(6)3-5(2)7;/h5-6,8-11H,1-4H3;3,6H,1-2H3;/q-1;;/b;4-3-;. The number of aliphatic hydroxyl groups is 1. The van der Waals surface area contributed by atoms with Crippen molar-refractivity contribution in [3.63, 3.8) is 0 Å². The SMILES string of the molecule is CC(=O)/C=C(/C)O.COc1cc2nc(-c3[c-]ccc(C)c3)ccc2c(OC)c1OC.[Ir]. The molecule has 3 aromatic rings. The van der Waals surface area contributed by atoms with E-state index in [2.05, 4.69) is 19.1 Å². The van der Waals surface area contributed by atoms with Crippen LogP contribution in [0.4, 0.5) is 0 Å². The van der Waals surface area contributed by atoms with Crippen molar-refractivity contribution in [2.24, 2.45) is 0 Å². The monoisotopic (exact) mass is 601 g/mol. The van der Waals surface area contributed by atoms with Gasteiger partial charge in [-0.05, 0) is 19.5 Å². The van der Waals surface area contributed by atoms with Crippen molar-refractivity contribution >= 4 is 16.7 Å². The Morgan fingerprint density at radius 3 is 2.19 bits per heavy atom. The number of benzene rings is 2. The number of allylic oxidation sites excluding steroid dienone is 2. The van der Waals surface area contributed by atoms with Crippen molar-refractivity contribution < 1.29 is 44.2 Å². The van der Waals surface area contributed by atoms with Gasteiger partial charge < -0.3 is 19.3 Å². The molecule has 0 spiro atoms. The third kappa shape index (κ3) is 6.81. The first-order chi connectivity index (χ1) is 14.3. The number of ether oxygens (including phenoxy) is 3. The number of aryl methyl sites for hydroxylation is 1. The van der Waals surface area contributed by atoms with Gasteiger partial charge in [0.15, 0.2) is 17.3 Å². The summed E-state index contributed by atoms with van der Waals surface area (Å²) in [7, 11) is 4.80. The molecule has 2 aromatic carbocycles. The molecule has 0 aliphatic heterocycles. The molecule has 31 heavy (non-hydrogen) atoms. The van der Waals surface area contributed by atoms with E-state index in [9.17, 15) is 4.79 Å². The number of ketones is 1. The quantitative estimate of drug-likeness (QED) is 0.250. The van der Waals surface area contributed by atoms with E-state index in [4.69, 9.17) is 24.3 Å². The zero-order valence-corrected chi connectivity index (χ0v) is 20.8.